The molecule has 0 bridgehead atoms. The van der Waals surface area contributed by atoms with Gasteiger partial charge in [-0.05, 0) is 6.42 Å². The van der Waals surface area contributed by atoms with Gasteiger partial charge in [-0.2, -0.15) is 0 Å². The molecule has 306 valence electrons. The summed E-state index contributed by atoms with van der Waals surface area (Å²) in [6.45, 7) is 2.16. The van der Waals surface area contributed by atoms with Crippen molar-refractivity contribution in [1.82, 2.24) is 30.2 Å². The number of aliphatic hydroxyl groups is 2. The van der Waals surface area contributed by atoms with Crippen molar-refractivity contribution in [1.29, 1.82) is 0 Å². The Morgan fingerprint density at radius 3 is 2.42 bits per heavy atom. The second-order valence-electron chi connectivity index (χ2n) is 12.3. The molecule has 0 saturated carbocycles. The fraction of sp³-hybridized carbons (Fsp3) is 0.692. The van der Waals surface area contributed by atoms with Gasteiger partial charge in [-0.15, -0.1) is 0 Å². The molecule has 29 heteroatoms. The third kappa shape index (κ3) is 15.4. The number of imidazole rings is 1. The van der Waals surface area contributed by atoms with E-state index in [0.717, 1.165) is 41.8 Å². The minimum atomic E-state index is -5.89. The number of fused-ring (bicyclic) bond motifs is 1. The second-order valence-corrected chi connectivity index (χ2v) is 17.6. The Labute approximate surface area is 330 Å². The number of ether oxygens (including phenoxy) is 1. The van der Waals surface area contributed by atoms with Crippen molar-refractivity contribution in [3.05, 3.63) is 12.7 Å². The first-order chi connectivity index (χ1) is 25.1. The molecule has 1 saturated heterocycles. The van der Waals surface area contributed by atoms with E-state index in [1.165, 1.54) is 13.8 Å². The van der Waals surface area contributed by atoms with Gasteiger partial charge in [-0.1, -0.05) is 39.0 Å². The third-order valence-corrected chi connectivity index (χ3v) is 11.4. The summed E-state index contributed by atoms with van der Waals surface area (Å²) >= 11 is 1.10. The van der Waals surface area contributed by atoms with Crippen molar-refractivity contribution in [3.63, 3.8) is 0 Å². The molecule has 2 aromatic heterocycles. The first kappa shape index (κ1) is 49.3. The number of unbranched alkanes of at least 4 members (excludes halogenated alkanes) is 1. The first-order valence-electron chi connectivity index (χ1n) is 16.0. The number of carbonyl (C=O) groups is 3. The molecule has 7 N–H and O–H groups in total. The van der Waals surface area contributed by atoms with Crippen molar-refractivity contribution in [2.45, 2.75) is 77.1 Å². The monoisotopic (exact) mass is 855 g/mol. The number of nitrogens with two attached hydrogens (primary N) is 1. The number of aromatic nitrogens is 4. The average molecular weight is 856 g/mol. The summed E-state index contributed by atoms with van der Waals surface area (Å²) in [5, 5.41) is 26.2. The number of aliphatic hydroxyl groups excluding tert-OH is 2. The summed E-state index contributed by atoms with van der Waals surface area (Å²) in [4.78, 5) is 93.5. The number of hydrogen-bond donors (Lipinski definition) is 6. The molecular formula is C26H41LiN7O17P3S-2. The second kappa shape index (κ2) is 21.2. The van der Waals surface area contributed by atoms with Crippen molar-refractivity contribution < 1.29 is 99.3 Å². The van der Waals surface area contributed by atoms with Crippen LogP contribution in [0.1, 0.15) is 52.7 Å². The summed E-state index contributed by atoms with van der Waals surface area (Å²) in [6, 6.07) is 0. The van der Waals surface area contributed by atoms with E-state index in [2.05, 4.69) is 43.5 Å². The molecule has 1 fully saturated rings. The fourth-order valence-electron chi connectivity index (χ4n) is 4.67. The summed E-state index contributed by atoms with van der Waals surface area (Å²) in [6.07, 6.45) is -5.23. The minimum absolute atomic E-state index is 0. The molecule has 2 aromatic rings. The van der Waals surface area contributed by atoms with Crippen LogP contribution in [0.4, 0.5) is 5.82 Å². The number of hydrogen-bond acceptors (Lipinski definition) is 21. The number of thioether (sulfide) groups is 1. The maximum absolute atomic E-state index is 12.5. The molecule has 0 spiro atoms. The van der Waals surface area contributed by atoms with Crippen LogP contribution in [0, 0.1) is 5.41 Å². The van der Waals surface area contributed by atoms with E-state index < -0.39 is 84.6 Å². The Kier molecular flexibility index (Phi) is 19.0. The number of nitrogens with zero attached hydrogens (tertiary/aromatic N) is 4. The predicted molar refractivity (Wildman–Crippen MR) is 180 cm³/mol. The standard InChI is InChI=1S/C26H44N7O17P3S.Li/c1-4-5-6-17(35)54-10-9-28-16(34)7-8-29-24(38)21(37)26(2,3)12-47-53(44,45)50-52(42,43)46-11-15-20(49-51(39,40)41)19(36)25(48-15)33-14-32-18-22(27)30-13-31-23(18)33;/h13-15,19-21,25,36-37H,4-12H2,1-3H3,(H,28,34)(H,29,38)(H,42,43)(H,44,45)(H2,27,30,31)(H2,39,40,41);/q;+1/p-3. The van der Waals surface area contributed by atoms with Gasteiger partial charge >= 0.3 is 18.9 Å². The minimum Gasteiger partial charge on any atom is -0.756 e. The van der Waals surface area contributed by atoms with E-state index in [1.54, 1.807) is 0 Å². The van der Waals surface area contributed by atoms with E-state index in [1.807, 2.05) is 6.92 Å². The quantitative estimate of drug-likeness (QED) is 0.0367. The van der Waals surface area contributed by atoms with Crippen molar-refractivity contribution >= 4 is 69.1 Å². The van der Waals surface area contributed by atoms with Crippen LogP contribution >= 0.6 is 35.2 Å². The molecular weight excluding hydrogens is 814 g/mol. The summed E-state index contributed by atoms with van der Waals surface area (Å²) in [7, 11) is -17.3. The third-order valence-electron chi connectivity index (χ3n) is 7.48. The van der Waals surface area contributed by atoms with E-state index >= 15 is 0 Å². The molecule has 3 heterocycles. The van der Waals surface area contributed by atoms with Crippen molar-refractivity contribution in [2.75, 3.05) is 37.8 Å². The molecule has 8 atom stereocenters. The number of nitrogen functional groups attached to an aromatic ring is 1. The van der Waals surface area contributed by atoms with E-state index in [9.17, 15) is 57.9 Å². The van der Waals surface area contributed by atoms with Gasteiger partial charge < -0.3 is 64.5 Å². The van der Waals surface area contributed by atoms with Gasteiger partial charge in [0.1, 0.15) is 36.3 Å². The van der Waals surface area contributed by atoms with E-state index in [-0.39, 0.29) is 60.5 Å². The zero-order valence-electron chi connectivity index (χ0n) is 30.1. The Hall–Kier alpha value is -1.84. The first-order valence-corrected chi connectivity index (χ1v) is 21.5. The Morgan fingerprint density at radius 1 is 1.09 bits per heavy atom. The number of carbonyl (C=O) groups excluding carboxylic acids is 3. The van der Waals surface area contributed by atoms with Crippen LogP contribution in [0.25, 0.3) is 11.2 Å². The summed E-state index contributed by atoms with van der Waals surface area (Å²) in [5.41, 5.74) is 4.12. The van der Waals surface area contributed by atoms with Crippen molar-refractivity contribution in [3.8, 4) is 0 Å². The van der Waals surface area contributed by atoms with Gasteiger partial charge in [0.05, 0.1) is 19.5 Å². The van der Waals surface area contributed by atoms with Gasteiger partial charge in [0.15, 0.2) is 22.8 Å². The van der Waals surface area contributed by atoms with Gasteiger partial charge in [0, 0.05) is 37.1 Å². The molecule has 0 radical (unpaired) electrons. The summed E-state index contributed by atoms with van der Waals surface area (Å²) in [5.74, 6) is -1.14. The molecule has 1 aliphatic rings. The molecule has 0 aliphatic carbocycles. The number of anilines is 1. The Morgan fingerprint density at radius 2 is 1.76 bits per heavy atom. The van der Waals surface area contributed by atoms with Crippen LogP contribution in [0.15, 0.2) is 12.7 Å². The maximum Gasteiger partial charge on any atom is 1.00 e. The zero-order chi connectivity index (χ0) is 40.5. The molecule has 2 amide bonds. The van der Waals surface area contributed by atoms with Gasteiger partial charge in [0.2, 0.25) is 11.8 Å². The molecule has 55 heavy (non-hydrogen) atoms. The normalized spacial score (nSPS) is 22.5. The number of amides is 2. The van der Waals surface area contributed by atoms with Crippen LogP contribution in [0.3, 0.4) is 0 Å². The molecule has 8 unspecified atom stereocenters. The largest absolute Gasteiger partial charge is 1.00 e. The topological polar surface area (TPSA) is 372 Å². The van der Waals surface area contributed by atoms with Crippen LogP contribution in [0.2, 0.25) is 0 Å². The zero-order valence-corrected chi connectivity index (χ0v) is 33.6. The van der Waals surface area contributed by atoms with Crippen molar-refractivity contribution in [2.24, 2.45) is 5.41 Å². The molecule has 0 aromatic carbocycles. The number of rotatable bonds is 22. The Bertz CT molecular complexity index is 1770. The van der Waals surface area contributed by atoms with Gasteiger partial charge in [0.25, 0.3) is 23.5 Å². The Balaban J connectivity index is 0.0000105. The molecule has 3 rings (SSSR count). The average Bonchev–Trinajstić information content (AvgIpc) is 3.63. The van der Waals surface area contributed by atoms with Crippen LogP contribution < -0.4 is 49.9 Å². The van der Waals surface area contributed by atoms with Gasteiger partial charge in [-0.3, -0.25) is 32.6 Å². The summed E-state index contributed by atoms with van der Waals surface area (Å²) < 4.78 is 60.7. The maximum atomic E-state index is 12.5. The van der Waals surface area contributed by atoms with Crippen LogP contribution in [-0.4, -0.2) is 108 Å². The van der Waals surface area contributed by atoms with E-state index in [0.29, 0.717) is 12.2 Å². The number of phosphoric acid groups is 3. The van der Waals surface area contributed by atoms with Crippen LogP contribution in [0.5, 0.6) is 0 Å². The number of phosphoric ester groups is 3. The number of nitrogens with one attached hydrogen (secondary N) is 2. The SMILES string of the molecule is CCCCC(=O)SCCNC(=O)CCNC(=O)C(O)C(C)(C)COP(=O)([O-])OP(=O)([O-])OCC1OC(n2cnc3c(N)ncnc32)C(O)C1OP(=O)([O-])O.[Li+]. The van der Waals surface area contributed by atoms with Gasteiger partial charge in [-0.25, -0.2) is 19.3 Å². The fourth-order valence-corrected chi connectivity index (χ4v) is 8.14. The smallest absolute Gasteiger partial charge is 0.756 e. The van der Waals surface area contributed by atoms with Crippen LogP contribution in [-0.2, 0) is 50.7 Å². The molecule has 1 aliphatic heterocycles. The molecule has 24 nitrogen and oxygen atoms in total. The predicted octanol–water partition coefficient (Wildman–Crippen LogP) is -5.04. The van der Waals surface area contributed by atoms with E-state index in [4.69, 9.17) is 10.5 Å².